The van der Waals surface area contributed by atoms with Gasteiger partial charge in [0, 0.05) is 6.54 Å². The van der Waals surface area contributed by atoms with Gasteiger partial charge in [0.05, 0.1) is 11.3 Å². The number of nitrogen functional groups attached to an aromatic ring is 1. The van der Waals surface area contributed by atoms with E-state index in [4.69, 9.17) is 5.73 Å². The second-order valence-electron chi connectivity index (χ2n) is 5.18. The lowest BCUT2D eigenvalue weighted by molar-refractivity contribution is 0.0954. The zero-order valence-corrected chi connectivity index (χ0v) is 12.3. The maximum absolute atomic E-state index is 12.1. The Bertz CT molecular complexity index is 649. The first-order chi connectivity index (χ1) is 9.99. The van der Waals surface area contributed by atoms with Crippen LogP contribution in [0.5, 0.6) is 5.75 Å². The van der Waals surface area contributed by atoms with Gasteiger partial charge in [-0.2, -0.15) is 0 Å². The van der Waals surface area contributed by atoms with E-state index >= 15 is 0 Å². The van der Waals surface area contributed by atoms with Gasteiger partial charge in [-0.15, -0.1) is 0 Å². The molecule has 4 nitrogen and oxygen atoms in total. The Balaban J connectivity index is 1.96. The van der Waals surface area contributed by atoms with Gasteiger partial charge >= 0.3 is 0 Å². The van der Waals surface area contributed by atoms with Gasteiger partial charge in [0.15, 0.2) is 0 Å². The lowest BCUT2D eigenvalue weighted by Crippen LogP contribution is -2.26. The molecule has 0 fully saturated rings. The van der Waals surface area contributed by atoms with Crippen LogP contribution in [0.1, 0.15) is 27.0 Å². The van der Waals surface area contributed by atoms with Crippen LogP contribution < -0.4 is 11.1 Å². The lowest BCUT2D eigenvalue weighted by atomic mass is 10.1. The number of aryl methyl sites for hydroxylation is 2. The zero-order valence-electron chi connectivity index (χ0n) is 12.3. The molecule has 0 bridgehead atoms. The van der Waals surface area contributed by atoms with E-state index < -0.39 is 0 Å². The number of phenolic OH excluding ortho intramolecular Hbond substituents is 1. The molecule has 4 heteroatoms. The smallest absolute Gasteiger partial charge is 0.253 e. The quantitative estimate of drug-likeness (QED) is 0.596. The van der Waals surface area contributed by atoms with Gasteiger partial charge < -0.3 is 16.2 Å². The van der Waals surface area contributed by atoms with Crippen LogP contribution in [0.25, 0.3) is 0 Å². The summed E-state index contributed by atoms with van der Waals surface area (Å²) >= 11 is 0. The van der Waals surface area contributed by atoms with Crippen molar-refractivity contribution in [3.8, 4) is 5.75 Å². The van der Waals surface area contributed by atoms with E-state index in [-0.39, 0.29) is 17.3 Å². The molecule has 0 aliphatic carbocycles. The lowest BCUT2D eigenvalue weighted by Gasteiger charge is -2.10. The highest BCUT2D eigenvalue weighted by Crippen LogP contribution is 2.27. The molecule has 0 saturated carbocycles. The van der Waals surface area contributed by atoms with E-state index in [0.717, 1.165) is 6.42 Å². The summed E-state index contributed by atoms with van der Waals surface area (Å²) < 4.78 is 0. The third-order valence-corrected chi connectivity index (χ3v) is 3.48. The third kappa shape index (κ3) is 3.54. The van der Waals surface area contributed by atoms with Gasteiger partial charge in [0.1, 0.15) is 5.75 Å². The minimum Gasteiger partial charge on any atom is -0.505 e. The summed E-state index contributed by atoms with van der Waals surface area (Å²) in [5.41, 5.74) is 9.25. The SMILES string of the molecule is Cc1ccc(CCNC(=O)c2ccc(C)c(O)c2N)cc1. The van der Waals surface area contributed by atoms with Crippen LogP contribution in [0.15, 0.2) is 36.4 Å². The Kier molecular flexibility index (Phi) is 4.48. The van der Waals surface area contributed by atoms with Crippen molar-refractivity contribution in [2.24, 2.45) is 0 Å². The van der Waals surface area contributed by atoms with Crippen molar-refractivity contribution in [2.75, 3.05) is 12.3 Å². The second-order valence-corrected chi connectivity index (χ2v) is 5.18. The molecular formula is C17H20N2O2. The van der Waals surface area contributed by atoms with Gasteiger partial charge in [0.25, 0.3) is 5.91 Å². The van der Waals surface area contributed by atoms with Crippen LogP contribution >= 0.6 is 0 Å². The van der Waals surface area contributed by atoms with Crippen LogP contribution in [-0.4, -0.2) is 17.6 Å². The fourth-order valence-electron chi connectivity index (χ4n) is 2.09. The first-order valence-corrected chi connectivity index (χ1v) is 6.91. The van der Waals surface area contributed by atoms with Gasteiger partial charge in [0.2, 0.25) is 0 Å². The highest BCUT2D eigenvalue weighted by molar-refractivity contribution is 6.00. The van der Waals surface area contributed by atoms with Crippen LogP contribution in [0.4, 0.5) is 5.69 Å². The summed E-state index contributed by atoms with van der Waals surface area (Å²) in [6, 6.07) is 11.5. The average Bonchev–Trinajstić information content (AvgIpc) is 2.47. The Hall–Kier alpha value is -2.49. The van der Waals surface area contributed by atoms with E-state index in [9.17, 15) is 9.90 Å². The van der Waals surface area contributed by atoms with Crippen molar-refractivity contribution in [1.29, 1.82) is 0 Å². The molecule has 0 aromatic heterocycles. The first kappa shape index (κ1) is 14.9. The highest BCUT2D eigenvalue weighted by atomic mass is 16.3. The fraction of sp³-hybridized carbons (Fsp3) is 0.235. The van der Waals surface area contributed by atoms with E-state index in [1.165, 1.54) is 11.1 Å². The molecule has 4 N–H and O–H groups in total. The number of nitrogens with one attached hydrogen (secondary N) is 1. The first-order valence-electron chi connectivity index (χ1n) is 6.91. The predicted molar refractivity (Wildman–Crippen MR) is 84.5 cm³/mol. The van der Waals surface area contributed by atoms with Crippen molar-refractivity contribution in [3.63, 3.8) is 0 Å². The average molecular weight is 284 g/mol. The maximum Gasteiger partial charge on any atom is 0.253 e. The number of hydrogen-bond acceptors (Lipinski definition) is 3. The van der Waals surface area contributed by atoms with Gasteiger partial charge in [-0.25, -0.2) is 0 Å². The Morgan fingerprint density at radius 1 is 1.14 bits per heavy atom. The molecule has 110 valence electrons. The molecule has 0 aliphatic heterocycles. The molecule has 0 aliphatic rings. The predicted octanol–water partition coefficient (Wildman–Crippen LogP) is 2.56. The third-order valence-electron chi connectivity index (χ3n) is 3.48. The number of anilines is 1. The number of carbonyl (C=O) groups excluding carboxylic acids is 1. The van der Waals surface area contributed by atoms with Crippen LogP contribution in [0.3, 0.4) is 0 Å². The van der Waals surface area contributed by atoms with Crippen LogP contribution in [-0.2, 0) is 6.42 Å². The van der Waals surface area contributed by atoms with Crippen LogP contribution in [0.2, 0.25) is 0 Å². The second kappa shape index (κ2) is 6.31. The number of amides is 1. The summed E-state index contributed by atoms with van der Waals surface area (Å²) in [6.45, 7) is 4.30. The Morgan fingerprint density at radius 2 is 1.81 bits per heavy atom. The Morgan fingerprint density at radius 3 is 2.48 bits per heavy atom. The number of aromatic hydroxyl groups is 1. The normalized spacial score (nSPS) is 10.4. The van der Waals surface area contributed by atoms with Crippen molar-refractivity contribution >= 4 is 11.6 Å². The molecule has 0 radical (unpaired) electrons. The standard InChI is InChI=1S/C17H20N2O2/c1-11-3-6-13(7-4-11)9-10-19-17(21)14-8-5-12(2)16(20)15(14)18/h3-8,20H,9-10,18H2,1-2H3,(H,19,21). The van der Waals surface area contributed by atoms with Crippen molar-refractivity contribution in [3.05, 3.63) is 58.7 Å². The molecule has 0 atom stereocenters. The fourth-order valence-corrected chi connectivity index (χ4v) is 2.09. The summed E-state index contributed by atoms with van der Waals surface area (Å²) in [5, 5.41) is 12.6. The minimum absolute atomic E-state index is 0.0267. The molecule has 0 spiro atoms. The molecule has 1 amide bonds. The van der Waals surface area contributed by atoms with E-state index in [1.807, 2.05) is 31.2 Å². The topological polar surface area (TPSA) is 75.3 Å². The number of rotatable bonds is 4. The molecule has 0 saturated heterocycles. The molecule has 21 heavy (non-hydrogen) atoms. The van der Waals surface area contributed by atoms with E-state index in [0.29, 0.717) is 17.7 Å². The van der Waals surface area contributed by atoms with Gasteiger partial charge in [-0.1, -0.05) is 35.9 Å². The molecular weight excluding hydrogens is 264 g/mol. The van der Waals surface area contributed by atoms with Crippen molar-refractivity contribution < 1.29 is 9.90 Å². The monoisotopic (exact) mass is 284 g/mol. The molecule has 2 aromatic rings. The number of carbonyl (C=O) groups is 1. The summed E-state index contributed by atoms with van der Waals surface area (Å²) in [6.07, 6.45) is 0.754. The minimum atomic E-state index is -0.269. The number of nitrogens with two attached hydrogens (primary N) is 1. The number of hydrogen-bond donors (Lipinski definition) is 3. The van der Waals surface area contributed by atoms with E-state index in [2.05, 4.69) is 5.32 Å². The molecule has 2 aromatic carbocycles. The van der Waals surface area contributed by atoms with Crippen LogP contribution in [0, 0.1) is 13.8 Å². The summed E-state index contributed by atoms with van der Waals surface area (Å²) in [4.78, 5) is 12.1. The summed E-state index contributed by atoms with van der Waals surface area (Å²) in [7, 11) is 0. The molecule has 0 heterocycles. The number of benzene rings is 2. The summed E-state index contributed by atoms with van der Waals surface area (Å²) in [5.74, 6) is -0.295. The maximum atomic E-state index is 12.1. The highest BCUT2D eigenvalue weighted by Gasteiger charge is 2.13. The van der Waals surface area contributed by atoms with Crippen molar-refractivity contribution in [1.82, 2.24) is 5.32 Å². The molecule has 2 rings (SSSR count). The molecule has 0 unspecified atom stereocenters. The Labute approximate surface area is 124 Å². The number of phenols is 1. The van der Waals surface area contributed by atoms with E-state index in [1.54, 1.807) is 19.1 Å². The van der Waals surface area contributed by atoms with Gasteiger partial charge in [-0.3, -0.25) is 4.79 Å². The van der Waals surface area contributed by atoms with Crippen molar-refractivity contribution in [2.45, 2.75) is 20.3 Å². The zero-order chi connectivity index (χ0) is 15.4. The van der Waals surface area contributed by atoms with Gasteiger partial charge in [-0.05, 0) is 37.5 Å². The largest absolute Gasteiger partial charge is 0.505 e.